The number of anilines is 1. The number of aromatic carboxylic acids is 1. The van der Waals surface area contributed by atoms with Crippen LogP contribution < -0.4 is 10.7 Å². The maximum absolute atomic E-state index is 14.4. The largest absolute Gasteiger partial charge is 0.477 e. The number of carboxylic acid groups (broad SMARTS) is 1. The van der Waals surface area contributed by atoms with E-state index in [0.29, 0.717) is 24.0 Å². The average Bonchev–Trinajstić information content (AvgIpc) is 3.08. The summed E-state index contributed by atoms with van der Waals surface area (Å²) in [5.41, 5.74) is 2.68. The second-order valence-electron chi connectivity index (χ2n) is 8.00. The van der Waals surface area contributed by atoms with Crippen LogP contribution in [0.5, 0.6) is 0 Å². The van der Waals surface area contributed by atoms with E-state index >= 15 is 0 Å². The standard InChI is InChI=1S/C23H21FN2O3/c24-17-5-3-7-20-21(17)22(27)16(23(28)29)12-26(20)11-13-8-9-19-15(10-13)14-4-1-2-6-18(14)25-19/h3,5,7-10,12,14,18,25H,1-2,4,6,11H2,(H,28,29). The lowest BCUT2D eigenvalue weighted by Gasteiger charge is -2.25. The Hall–Kier alpha value is -3.15. The fourth-order valence-corrected chi connectivity index (χ4v) is 4.90. The van der Waals surface area contributed by atoms with E-state index in [0.717, 1.165) is 5.56 Å². The van der Waals surface area contributed by atoms with E-state index in [2.05, 4.69) is 17.4 Å². The molecule has 2 atom stereocenters. The number of hydrogen-bond donors (Lipinski definition) is 2. The van der Waals surface area contributed by atoms with Gasteiger partial charge in [-0.05, 0) is 42.2 Å². The molecule has 2 heterocycles. The molecule has 0 spiro atoms. The highest BCUT2D eigenvalue weighted by atomic mass is 19.1. The normalized spacial score (nSPS) is 20.2. The highest BCUT2D eigenvalue weighted by molar-refractivity contribution is 5.92. The molecule has 0 radical (unpaired) electrons. The van der Waals surface area contributed by atoms with Gasteiger partial charge in [0.25, 0.3) is 0 Å². The molecule has 1 aliphatic carbocycles. The van der Waals surface area contributed by atoms with Gasteiger partial charge in [-0.3, -0.25) is 4.79 Å². The average molecular weight is 392 g/mol. The molecule has 3 aromatic rings. The molecule has 0 amide bonds. The van der Waals surface area contributed by atoms with Crippen molar-refractivity contribution in [3.8, 4) is 0 Å². The van der Waals surface area contributed by atoms with Crippen LogP contribution in [0, 0.1) is 5.82 Å². The Balaban J connectivity index is 1.60. The van der Waals surface area contributed by atoms with Gasteiger partial charge in [0.05, 0.1) is 10.9 Å². The van der Waals surface area contributed by atoms with E-state index in [1.165, 1.54) is 55.3 Å². The molecule has 5 rings (SSSR count). The number of benzene rings is 2. The third kappa shape index (κ3) is 2.90. The zero-order valence-corrected chi connectivity index (χ0v) is 15.8. The number of rotatable bonds is 3. The van der Waals surface area contributed by atoms with Gasteiger partial charge in [-0.2, -0.15) is 0 Å². The summed E-state index contributed by atoms with van der Waals surface area (Å²) in [5.74, 6) is -1.54. The number of fused-ring (bicyclic) bond motifs is 4. The Morgan fingerprint density at radius 1 is 1.21 bits per heavy atom. The lowest BCUT2D eigenvalue weighted by atomic mass is 9.82. The van der Waals surface area contributed by atoms with Crippen LogP contribution in [-0.4, -0.2) is 21.7 Å². The number of nitrogens with zero attached hydrogens (tertiary/aromatic N) is 1. The summed E-state index contributed by atoms with van der Waals surface area (Å²) >= 11 is 0. The van der Waals surface area contributed by atoms with Crippen molar-refractivity contribution in [1.82, 2.24) is 4.57 Å². The predicted molar refractivity (Wildman–Crippen MR) is 109 cm³/mol. The molecule has 5 nitrogen and oxygen atoms in total. The quantitative estimate of drug-likeness (QED) is 0.696. The molecular weight excluding hydrogens is 371 g/mol. The molecule has 2 N–H and O–H groups in total. The van der Waals surface area contributed by atoms with Gasteiger partial charge in [-0.25, -0.2) is 9.18 Å². The third-order valence-corrected chi connectivity index (χ3v) is 6.26. The maximum atomic E-state index is 14.4. The molecule has 1 saturated carbocycles. The molecule has 2 unspecified atom stereocenters. The van der Waals surface area contributed by atoms with Gasteiger partial charge in [0.15, 0.2) is 0 Å². The number of nitrogens with one attached hydrogen (secondary N) is 1. The van der Waals surface area contributed by atoms with Crippen LogP contribution in [0.3, 0.4) is 0 Å². The Morgan fingerprint density at radius 2 is 2.03 bits per heavy atom. The summed E-state index contributed by atoms with van der Waals surface area (Å²) in [5, 5.41) is 12.9. The molecule has 6 heteroatoms. The SMILES string of the molecule is O=C(O)c1cn(Cc2ccc3c(c2)C2CCCCC2N3)c2cccc(F)c2c1=O. The Kier molecular flexibility index (Phi) is 4.15. The van der Waals surface area contributed by atoms with E-state index in [4.69, 9.17) is 0 Å². The first-order valence-corrected chi connectivity index (χ1v) is 9.97. The number of halogens is 1. The minimum absolute atomic E-state index is 0.178. The van der Waals surface area contributed by atoms with Gasteiger partial charge < -0.3 is 15.0 Å². The van der Waals surface area contributed by atoms with Crippen LogP contribution in [0.4, 0.5) is 10.1 Å². The minimum Gasteiger partial charge on any atom is -0.477 e. The van der Waals surface area contributed by atoms with Crippen molar-refractivity contribution in [3.05, 3.63) is 75.3 Å². The van der Waals surface area contributed by atoms with Gasteiger partial charge in [0.1, 0.15) is 11.4 Å². The van der Waals surface area contributed by atoms with Gasteiger partial charge >= 0.3 is 5.97 Å². The summed E-state index contributed by atoms with van der Waals surface area (Å²) in [6, 6.07) is 11.1. The number of hydrogen-bond acceptors (Lipinski definition) is 3. The summed E-state index contributed by atoms with van der Waals surface area (Å²) < 4.78 is 16.0. The zero-order chi connectivity index (χ0) is 20.1. The van der Waals surface area contributed by atoms with Crippen LogP contribution in [-0.2, 0) is 6.54 Å². The van der Waals surface area contributed by atoms with Crippen molar-refractivity contribution in [2.75, 3.05) is 5.32 Å². The first-order chi connectivity index (χ1) is 14.0. The fraction of sp³-hybridized carbons (Fsp3) is 0.304. The van der Waals surface area contributed by atoms with Gasteiger partial charge in [0.2, 0.25) is 5.43 Å². The second kappa shape index (κ2) is 6.72. The minimum atomic E-state index is -1.35. The number of carbonyl (C=O) groups is 1. The second-order valence-corrected chi connectivity index (χ2v) is 8.00. The van der Waals surface area contributed by atoms with E-state index in [1.807, 2.05) is 6.07 Å². The molecule has 1 fully saturated rings. The summed E-state index contributed by atoms with van der Waals surface area (Å²) in [4.78, 5) is 24.0. The number of carboxylic acids is 1. The van der Waals surface area contributed by atoms with Gasteiger partial charge in [0, 0.05) is 30.4 Å². The maximum Gasteiger partial charge on any atom is 0.341 e. The highest BCUT2D eigenvalue weighted by Crippen LogP contribution is 2.44. The van der Waals surface area contributed by atoms with Crippen LogP contribution >= 0.6 is 0 Å². The molecule has 1 aromatic heterocycles. The van der Waals surface area contributed by atoms with Crippen LogP contribution in [0.2, 0.25) is 0 Å². The van der Waals surface area contributed by atoms with Crippen LogP contribution in [0.1, 0.15) is 53.1 Å². The first kappa shape index (κ1) is 17.9. The van der Waals surface area contributed by atoms with E-state index < -0.39 is 22.8 Å². The fourth-order valence-electron chi connectivity index (χ4n) is 4.90. The van der Waals surface area contributed by atoms with E-state index in [-0.39, 0.29) is 5.39 Å². The Morgan fingerprint density at radius 3 is 2.86 bits per heavy atom. The molecular formula is C23H21FN2O3. The topological polar surface area (TPSA) is 71.3 Å². The van der Waals surface area contributed by atoms with Crippen molar-refractivity contribution in [1.29, 1.82) is 0 Å². The Labute approximate surface area is 166 Å². The van der Waals surface area contributed by atoms with Crippen molar-refractivity contribution in [2.45, 2.75) is 44.2 Å². The van der Waals surface area contributed by atoms with Gasteiger partial charge in [-0.15, -0.1) is 0 Å². The van der Waals surface area contributed by atoms with E-state index in [9.17, 15) is 19.1 Å². The van der Waals surface area contributed by atoms with Crippen molar-refractivity contribution < 1.29 is 14.3 Å². The molecule has 0 bridgehead atoms. The Bertz CT molecular complexity index is 1200. The van der Waals surface area contributed by atoms with Crippen LogP contribution in [0.15, 0.2) is 47.4 Å². The summed E-state index contributed by atoms with van der Waals surface area (Å²) in [6.07, 6.45) is 6.16. The highest BCUT2D eigenvalue weighted by Gasteiger charge is 2.33. The predicted octanol–water partition coefficient (Wildman–Crippen LogP) is 4.34. The summed E-state index contributed by atoms with van der Waals surface area (Å²) in [6.45, 7) is 0.366. The van der Waals surface area contributed by atoms with Gasteiger partial charge in [-0.1, -0.05) is 31.0 Å². The lowest BCUT2D eigenvalue weighted by molar-refractivity contribution is 0.0695. The zero-order valence-electron chi connectivity index (χ0n) is 15.8. The summed E-state index contributed by atoms with van der Waals surface area (Å²) in [7, 11) is 0. The molecule has 0 saturated heterocycles. The molecule has 2 aliphatic rings. The molecule has 1 aliphatic heterocycles. The third-order valence-electron chi connectivity index (χ3n) is 6.26. The van der Waals surface area contributed by atoms with E-state index in [1.54, 1.807) is 10.6 Å². The van der Waals surface area contributed by atoms with Crippen LogP contribution in [0.25, 0.3) is 10.9 Å². The number of pyridine rings is 1. The molecule has 29 heavy (non-hydrogen) atoms. The monoisotopic (exact) mass is 392 g/mol. The van der Waals surface area contributed by atoms with Crippen molar-refractivity contribution in [2.24, 2.45) is 0 Å². The van der Waals surface area contributed by atoms with Crippen molar-refractivity contribution >= 4 is 22.6 Å². The lowest BCUT2D eigenvalue weighted by Crippen LogP contribution is -2.23. The van der Waals surface area contributed by atoms with Crippen molar-refractivity contribution in [3.63, 3.8) is 0 Å². The molecule has 148 valence electrons. The smallest absolute Gasteiger partial charge is 0.341 e. The first-order valence-electron chi connectivity index (χ1n) is 9.97. The molecule has 2 aromatic carbocycles. The number of aromatic nitrogens is 1.